The Morgan fingerprint density at radius 3 is 2.59 bits per heavy atom. The number of hydrogen-bond donors (Lipinski definition) is 1. The Morgan fingerprint density at radius 1 is 1.29 bits per heavy atom. The average Bonchev–Trinajstić information content (AvgIpc) is 2.27. The largest absolute Gasteiger partial charge is 0.496 e. The number of nitrogens with one attached hydrogen (secondary N) is 1. The molecule has 0 aliphatic carbocycles. The van der Waals surface area contributed by atoms with E-state index in [9.17, 15) is 18.0 Å². The highest BCUT2D eigenvalue weighted by atomic mass is 19.4. The summed E-state index contributed by atoms with van der Waals surface area (Å²) < 4.78 is 43.2. The lowest BCUT2D eigenvalue weighted by molar-refractivity contribution is -0.136. The maximum atomic E-state index is 12.8. The summed E-state index contributed by atoms with van der Waals surface area (Å²) in [5, 5.41) is -0.259. The van der Waals surface area contributed by atoms with Crippen LogP contribution in [-0.4, -0.2) is 12.1 Å². The topological polar surface area (TPSA) is 42.1 Å². The first-order valence-corrected chi connectivity index (χ1v) is 4.70. The van der Waals surface area contributed by atoms with Crippen LogP contribution in [0.25, 0.3) is 10.8 Å². The Bertz CT molecular complexity index is 616. The highest BCUT2D eigenvalue weighted by Crippen LogP contribution is 2.37. The average molecular weight is 243 g/mol. The van der Waals surface area contributed by atoms with E-state index in [0.29, 0.717) is 6.20 Å². The second-order valence-corrected chi connectivity index (χ2v) is 3.41. The van der Waals surface area contributed by atoms with Gasteiger partial charge in [0.05, 0.1) is 18.1 Å². The number of methoxy groups -OCH3 is 1. The third-order valence-electron chi connectivity index (χ3n) is 2.41. The molecular weight excluding hydrogens is 235 g/mol. The lowest BCUT2D eigenvalue weighted by atomic mass is 10.1. The predicted molar refractivity (Wildman–Crippen MR) is 56.1 cm³/mol. The number of aromatic amines is 1. The maximum Gasteiger partial charge on any atom is 0.418 e. The Morgan fingerprint density at radius 2 is 2.00 bits per heavy atom. The number of benzene rings is 1. The lowest BCUT2D eigenvalue weighted by Crippen LogP contribution is -2.13. The third-order valence-corrected chi connectivity index (χ3v) is 2.41. The van der Waals surface area contributed by atoms with Gasteiger partial charge in [-0.25, -0.2) is 0 Å². The number of hydrogen-bond acceptors (Lipinski definition) is 2. The molecule has 0 bridgehead atoms. The Labute approximate surface area is 93.8 Å². The van der Waals surface area contributed by atoms with Crippen LogP contribution in [0.3, 0.4) is 0 Å². The SMILES string of the molecule is COc1cccc2c(=O)[nH]cc(C(F)(F)F)c12. The van der Waals surface area contributed by atoms with Crippen LogP contribution in [-0.2, 0) is 6.18 Å². The lowest BCUT2D eigenvalue weighted by Gasteiger charge is -2.12. The molecule has 2 rings (SSSR count). The van der Waals surface area contributed by atoms with Gasteiger partial charge in [-0.15, -0.1) is 0 Å². The molecule has 0 atom stereocenters. The van der Waals surface area contributed by atoms with Crippen molar-refractivity contribution in [2.45, 2.75) is 6.18 Å². The quantitative estimate of drug-likeness (QED) is 0.836. The Hall–Kier alpha value is -1.98. The zero-order valence-electron chi connectivity index (χ0n) is 8.76. The maximum absolute atomic E-state index is 12.8. The number of H-pyrrole nitrogens is 1. The van der Waals surface area contributed by atoms with Crippen molar-refractivity contribution in [3.05, 3.63) is 40.3 Å². The smallest absolute Gasteiger partial charge is 0.418 e. The van der Waals surface area contributed by atoms with Crippen molar-refractivity contribution in [3.63, 3.8) is 0 Å². The molecule has 0 aliphatic rings. The number of halogens is 3. The first-order chi connectivity index (χ1) is 7.95. The van der Waals surface area contributed by atoms with Gasteiger partial charge in [0.2, 0.25) is 0 Å². The van der Waals surface area contributed by atoms with E-state index in [1.165, 1.54) is 25.3 Å². The summed E-state index contributed by atoms with van der Waals surface area (Å²) in [6.07, 6.45) is -3.88. The number of pyridine rings is 1. The van der Waals surface area contributed by atoms with Crippen molar-refractivity contribution >= 4 is 10.8 Å². The van der Waals surface area contributed by atoms with E-state index in [1.54, 1.807) is 0 Å². The molecule has 3 nitrogen and oxygen atoms in total. The second-order valence-electron chi connectivity index (χ2n) is 3.41. The van der Waals surface area contributed by atoms with Gasteiger partial charge in [0.25, 0.3) is 5.56 Å². The minimum atomic E-state index is -4.54. The van der Waals surface area contributed by atoms with Crippen molar-refractivity contribution in [2.24, 2.45) is 0 Å². The monoisotopic (exact) mass is 243 g/mol. The van der Waals surface area contributed by atoms with Gasteiger partial charge in [-0.05, 0) is 12.1 Å². The molecule has 1 aromatic heterocycles. The van der Waals surface area contributed by atoms with E-state index in [2.05, 4.69) is 4.98 Å². The van der Waals surface area contributed by atoms with E-state index < -0.39 is 17.3 Å². The molecule has 0 fully saturated rings. The van der Waals surface area contributed by atoms with Crippen molar-refractivity contribution in [2.75, 3.05) is 7.11 Å². The molecule has 0 unspecified atom stereocenters. The summed E-state index contributed by atoms with van der Waals surface area (Å²) >= 11 is 0. The molecule has 6 heteroatoms. The molecule has 0 saturated heterocycles. The van der Waals surface area contributed by atoms with Gasteiger partial charge >= 0.3 is 6.18 Å². The minimum absolute atomic E-state index is 0.0286. The summed E-state index contributed by atoms with van der Waals surface area (Å²) in [4.78, 5) is 13.5. The van der Waals surface area contributed by atoms with Crippen LogP contribution < -0.4 is 10.3 Å². The standard InChI is InChI=1S/C11H8F3NO2/c1-17-8-4-2-3-6-9(8)7(11(12,13)14)5-15-10(6)16/h2-5H,1H3,(H,15,16). The van der Waals surface area contributed by atoms with E-state index in [0.717, 1.165) is 0 Å². The molecule has 0 aliphatic heterocycles. The molecule has 0 radical (unpaired) electrons. The Kier molecular flexibility index (Phi) is 2.57. The fourth-order valence-electron chi connectivity index (χ4n) is 1.68. The molecule has 1 N–H and O–H groups in total. The van der Waals surface area contributed by atoms with Crippen molar-refractivity contribution in [1.29, 1.82) is 0 Å². The molecule has 0 saturated carbocycles. The fourth-order valence-corrected chi connectivity index (χ4v) is 1.68. The molecule has 90 valence electrons. The van der Waals surface area contributed by atoms with E-state index >= 15 is 0 Å². The van der Waals surface area contributed by atoms with E-state index in [4.69, 9.17) is 4.74 Å². The summed E-state index contributed by atoms with van der Waals surface area (Å²) in [5.41, 5.74) is -1.49. The molecule has 0 spiro atoms. The van der Waals surface area contributed by atoms with Crippen LogP contribution in [0.15, 0.2) is 29.2 Å². The molecule has 17 heavy (non-hydrogen) atoms. The summed E-state index contributed by atoms with van der Waals surface area (Å²) in [7, 11) is 1.26. The van der Waals surface area contributed by atoms with Crippen molar-refractivity contribution in [3.8, 4) is 5.75 Å². The molecule has 2 aromatic rings. The van der Waals surface area contributed by atoms with Crippen LogP contribution in [0.4, 0.5) is 13.2 Å². The van der Waals surface area contributed by atoms with Gasteiger partial charge in [-0.2, -0.15) is 13.2 Å². The number of ether oxygens (including phenoxy) is 1. The summed E-state index contributed by atoms with van der Waals surface area (Å²) in [6, 6.07) is 4.18. The zero-order chi connectivity index (χ0) is 12.6. The highest BCUT2D eigenvalue weighted by Gasteiger charge is 2.34. The first kappa shape index (κ1) is 11.5. The van der Waals surface area contributed by atoms with Crippen molar-refractivity contribution < 1.29 is 17.9 Å². The molecule has 1 heterocycles. The van der Waals surface area contributed by atoms with Crippen molar-refractivity contribution in [1.82, 2.24) is 4.98 Å². The number of rotatable bonds is 1. The number of aromatic nitrogens is 1. The summed E-state index contributed by atoms with van der Waals surface area (Å²) in [5.74, 6) is 0.0286. The van der Waals surface area contributed by atoms with Gasteiger partial charge in [-0.3, -0.25) is 4.79 Å². The van der Waals surface area contributed by atoms with Crippen LogP contribution in [0, 0.1) is 0 Å². The van der Waals surface area contributed by atoms with E-state index in [-0.39, 0.29) is 16.5 Å². The second kappa shape index (κ2) is 3.80. The Balaban J connectivity index is 2.96. The third kappa shape index (κ3) is 1.86. The number of fused-ring (bicyclic) bond motifs is 1. The van der Waals surface area contributed by atoms with Crippen LogP contribution in [0.1, 0.15) is 5.56 Å². The zero-order valence-corrected chi connectivity index (χ0v) is 8.76. The van der Waals surface area contributed by atoms with Gasteiger partial charge < -0.3 is 9.72 Å². The van der Waals surface area contributed by atoms with Crippen LogP contribution >= 0.6 is 0 Å². The minimum Gasteiger partial charge on any atom is -0.496 e. The molecule has 1 aromatic carbocycles. The van der Waals surface area contributed by atoms with Gasteiger partial charge in [0, 0.05) is 11.6 Å². The highest BCUT2D eigenvalue weighted by molar-refractivity contribution is 5.90. The molecule has 0 amide bonds. The first-order valence-electron chi connectivity index (χ1n) is 4.70. The van der Waals surface area contributed by atoms with Crippen LogP contribution in [0.5, 0.6) is 5.75 Å². The normalized spacial score (nSPS) is 11.8. The summed E-state index contributed by atoms with van der Waals surface area (Å²) in [6.45, 7) is 0. The number of alkyl halides is 3. The molecular formula is C11H8F3NO2. The van der Waals surface area contributed by atoms with E-state index in [1.807, 2.05) is 0 Å². The van der Waals surface area contributed by atoms with Gasteiger partial charge in [0.15, 0.2) is 0 Å². The van der Waals surface area contributed by atoms with Gasteiger partial charge in [-0.1, -0.05) is 6.07 Å². The van der Waals surface area contributed by atoms with Crippen LogP contribution in [0.2, 0.25) is 0 Å². The van der Waals surface area contributed by atoms with Gasteiger partial charge in [0.1, 0.15) is 5.75 Å². The fraction of sp³-hybridized carbons (Fsp3) is 0.182. The predicted octanol–water partition coefficient (Wildman–Crippen LogP) is 2.56.